The Morgan fingerprint density at radius 3 is 1.85 bits per heavy atom. The van der Waals surface area contributed by atoms with Gasteiger partial charge in [0.1, 0.15) is 0 Å². The number of aromatic nitrogens is 1. The highest BCUT2D eigenvalue weighted by Gasteiger charge is 2.13. The molecule has 0 fully saturated rings. The van der Waals surface area contributed by atoms with E-state index in [0.717, 1.165) is 65.0 Å². The van der Waals surface area contributed by atoms with Crippen molar-refractivity contribution in [1.82, 2.24) is 14.8 Å². The number of anilines is 5. The number of hydrogen-bond donors (Lipinski definition) is 5. The van der Waals surface area contributed by atoms with E-state index in [1.165, 1.54) is 7.11 Å². The number of rotatable bonds is 12. The van der Waals surface area contributed by atoms with Crippen LogP contribution in [0, 0.1) is 0 Å². The lowest BCUT2D eigenvalue weighted by Crippen LogP contribution is -2.20. The van der Waals surface area contributed by atoms with Crippen LogP contribution in [0.3, 0.4) is 0 Å². The van der Waals surface area contributed by atoms with Gasteiger partial charge in [0.15, 0.2) is 0 Å². The summed E-state index contributed by atoms with van der Waals surface area (Å²) in [5.74, 6) is 0. The fourth-order valence-electron chi connectivity index (χ4n) is 4.39. The van der Waals surface area contributed by atoms with E-state index in [9.17, 15) is 9.90 Å². The maximum absolute atomic E-state index is 11.8. The lowest BCUT2D eigenvalue weighted by molar-refractivity contribution is 0.187. The highest BCUT2D eigenvalue weighted by Crippen LogP contribution is 2.36. The quantitative estimate of drug-likeness (QED) is 0.161. The summed E-state index contributed by atoms with van der Waals surface area (Å²) in [5, 5.41) is 25.0. The number of nitrogens with one attached hydrogen (secondary N) is 4. The minimum Gasteiger partial charge on any atom is -0.453 e. The van der Waals surface area contributed by atoms with E-state index in [2.05, 4.69) is 95.7 Å². The molecular weight excluding hydrogens is 506 g/mol. The van der Waals surface area contributed by atoms with Crippen LogP contribution < -0.4 is 21.3 Å². The minimum absolute atomic E-state index is 0.173. The van der Waals surface area contributed by atoms with E-state index < -0.39 is 6.09 Å². The summed E-state index contributed by atoms with van der Waals surface area (Å²) in [7, 11) is 9.52. The number of pyridine rings is 1. The molecule has 0 bridgehead atoms. The summed E-state index contributed by atoms with van der Waals surface area (Å²) in [5.41, 5.74) is 6.47. The standard InChI is InChI=1S/C30H39N7O3/c1-36(2)12-10-31-21-6-8-25-27(17-21)35-28-18-22(32-11-13-37(3)4)7-9-26(28)29(25)33-23-14-20(19-38)15-24(16-23)34-30(39)40-5/h6-9,14-18,31-32,38H,10-13,19H2,1-5H3,(H,33,35)(H,34,39). The van der Waals surface area contributed by atoms with Crippen molar-refractivity contribution < 1.29 is 14.6 Å². The lowest BCUT2D eigenvalue weighted by atomic mass is 10.1. The maximum Gasteiger partial charge on any atom is 0.411 e. The van der Waals surface area contributed by atoms with Crippen molar-refractivity contribution in [3.63, 3.8) is 0 Å². The topological polar surface area (TPSA) is 114 Å². The smallest absolute Gasteiger partial charge is 0.411 e. The Hall–Kier alpha value is -4.12. The van der Waals surface area contributed by atoms with E-state index >= 15 is 0 Å². The minimum atomic E-state index is -0.579. The predicted octanol–water partition coefficient (Wildman–Crippen LogP) is 4.75. The van der Waals surface area contributed by atoms with Gasteiger partial charge in [-0.1, -0.05) is 0 Å². The fourth-order valence-corrected chi connectivity index (χ4v) is 4.39. The van der Waals surface area contributed by atoms with Gasteiger partial charge < -0.3 is 35.6 Å². The lowest BCUT2D eigenvalue weighted by Gasteiger charge is -2.17. The molecule has 212 valence electrons. The maximum atomic E-state index is 11.8. The molecule has 0 saturated heterocycles. The molecule has 0 aliphatic carbocycles. The van der Waals surface area contributed by atoms with Gasteiger partial charge in [0, 0.05) is 59.7 Å². The Morgan fingerprint density at radius 2 is 1.35 bits per heavy atom. The highest BCUT2D eigenvalue weighted by atomic mass is 16.5. The number of methoxy groups -OCH3 is 1. The van der Waals surface area contributed by atoms with Gasteiger partial charge in [0.05, 0.1) is 30.4 Å². The Bertz CT molecular complexity index is 1400. The van der Waals surface area contributed by atoms with Crippen LogP contribution in [-0.2, 0) is 11.3 Å². The number of ether oxygens (including phenoxy) is 1. The first-order chi connectivity index (χ1) is 19.2. The third-order valence-electron chi connectivity index (χ3n) is 6.43. The van der Waals surface area contributed by atoms with Gasteiger partial charge in [-0.2, -0.15) is 0 Å². The molecule has 1 heterocycles. The van der Waals surface area contributed by atoms with Crippen molar-refractivity contribution in [2.24, 2.45) is 0 Å². The number of hydrogen-bond acceptors (Lipinski definition) is 9. The molecule has 10 heteroatoms. The number of amides is 1. The molecule has 0 saturated carbocycles. The van der Waals surface area contributed by atoms with Gasteiger partial charge in [-0.15, -0.1) is 0 Å². The van der Waals surface area contributed by atoms with Gasteiger partial charge in [-0.05, 0) is 88.4 Å². The van der Waals surface area contributed by atoms with Crippen LogP contribution in [0.25, 0.3) is 21.8 Å². The molecule has 0 radical (unpaired) electrons. The van der Waals surface area contributed by atoms with Gasteiger partial charge >= 0.3 is 6.09 Å². The molecule has 4 aromatic rings. The number of aliphatic hydroxyl groups is 1. The van der Waals surface area contributed by atoms with Gasteiger partial charge in [0.25, 0.3) is 0 Å². The first-order valence-corrected chi connectivity index (χ1v) is 13.3. The number of carbonyl (C=O) groups is 1. The van der Waals surface area contributed by atoms with Crippen LogP contribution in [0.4, 0.5) is 33.2 Å². The van der Waals surface area contributed by atoms with E-state index in [-0.39, 0.29) is 6.61 Å². The van der Waals surface area contributed by atoms with Crippen LogP contribution in [0.5, 0.6) is 0 Å². The number of nitrogens with zero attached hydrogens (tertiary/aromatic N) is 3. The molecule has 40 heavy (non-hydrogen) atoms. The highest BCUT2D eigenvalue weighted by molar-refractivity contribution is 6.10. The molecule has 0 atom stereocenters. The first-order valence-electron chi connectivity index (χ1n) is 13.3. The second-order valence-electron chi connectivity index (χ2n) is 10.2. The molecule has 0 spiro atoms. The summed E-state index contributed by atoms with van der Waals surface area (Å²) >= 11 is 0. The van der Waals surface area contributed by atoms with Gasteiger partial charge in [-0.25, -0.2) is 9.78 Å². The molecule has 3 aromatic carbocycles. The number of benzene rings is 3. The first kappa shape index (κ1) is 28.9. The number of likely N-dealkylation sites (N-methyl/N-ethyl adjacent to an activating group) is 2. The SMILES string of the molecule is COC(=O)Nc1cc(CO)cc(Nc2c3ccc(NCCN(C)C)cc3nc3cc(NCCN(C)C)ccc23)c1. The van der Waals surface area contributed by atoms with Crippen molar-refractivity contribution in [1.29, 1.82) is 0 Å². The second-order valence-corrected chi connectivity index (χ2v) is 10.2. The molecule has 0 unspecified atom stereocenters. The molecule has 1 aromatic heterocycles. The molecule has 5 N–H and O–H groups in total. The van der Waals surface area contributed by atoms with Crippen molar-refractivity contribution in [2.75, 3.05) is 82.7 Å². The molecule has 0 aliphatic rings. The molecule has 4 rings (SSSR count). The third-order valence-corrected chi connectivity index (χ3v) is 6.43. The van der Waals surface area contributed by atoms with Crippen molar-refractivity contribution >= 4 is 56.3 Å². The van der Waals surface area contributed by atoms with Crippen molar-refractivity contribution in [3.05, 3.63) is 60.2 Å². The zero-order valence-electron chi connectivity index (χ0n) is 23.8. The Balaban J connectivity index is 1.77. The van der Waals surface area contributed by atoms with Gasteiger partial charge in [0.2, 0.25) is 0 Å². The zero-order chi connectivity index (χ0) is 28.6. The largest absolute Gasteiger partial charge is 0.453 e. The van der Waals surface area contributed by atoms with Crippen LogP contribution in [0.15, 0.2) is 54.6 Å². The fraction of sp³-hybridized carbons (Fsp3) is 0.333. The average molecular weight is 546 g/mol. The number of carbonyl (C=O) groups excluding carboxylic acids is 1. The Kier molecular flexibility index (Phi) is 9.60. The number of fused-ring (bicyclic) bond motifs is 2. The third kappa shape index (κ3) is 7.50. The van der Waals surface area contributed by atoms with Crippen LogP contribution in [0.1, 0.15) is 5.56 Å². The monoisotopic (exact) mass is 545 g/mol. The molecule has 10 nitrogen and oxygen atoms in total. The van der Waals surface area contributed by atoms with Gasteiger partial charge in [-0.3, -0.25) is 5.32 Å². The van der Waals surface area contributed by atoms with Crippen molar-refractivity contribution in [3.8, 4) is 0 Å². The van der Waals surface area contributed by atoms with Crippen LogP contribution in [0.2, 0.25) is 0 Å². The van der Waals surface area contributed by atoms with E-state index in [1.54, 1.807) is 6.07 Å². The summed E-state index contributed by atoms with van der Waals surface area (Å²) in [6.45, 7) is 3.30. The second kappa shape index (κ2) is 13.3. The predicted molar refractivity (Wildman–Crippen MR) is 165 cm³/mol. The van der Waals surface area contributed by atoms with Crippen LogP contribution >= 0.6 is 0 Å². The normalized spacial score (nSPS) is 11.3. The zero-order valence-corrected chi connectivity index (χ0v) is 23.8. The summed E-state index contributed by atoms with van der Waals surface area (Å²) in [4.78, 5) is 21.2. The summed E-state index contributed by atoms with van der Waals surface area (Å²) in [6, 6.07) is 17.8. The Morgan fingerprint density at radius 1 is 0.800 bits per heavy atom. The van der Waals surface area contributed by atoms with Crippen LogP contribution in [-0.4, -0.2) is 87.5 Å². The van der Waals surface area contributed by atoms with Crippen molar-refractivity contribution in [2.45, 2.75) is 6.61 Å². The number of aliphatic hydroxyl groups excluding tert-OH is 1. The van der Waals surface area contributed by atoms with E-state index in [1.807, 2.05) is 12.1 Å². The average Bonchev–Trinajstić information content (AvgIpc) is 2.92. The van der Waals surface area contributed by atoms with E-state index in [0.29, 0.717) is 16.9 Å². The summed E-state index contributed by atoms with van der Waals surface area (Å²) in [6.07, 6.45) is -0.579. The van der Waals surface area contributed by atoms with E-state index in [4.69, 9.17) is 9.72 Å². The molecule has 0 aliphatic heterocycles. The Labute approximate surface area is 235 Å². The molecule has 1 amide bonds. The summed E-state index contributed by atoms with van der Waals surface area (Å²) < 4.78 is 4.75. The molecular formula is C30H39N7O3.